The summed E-state index contributed by atoms with van der Waals surface area (Å²) in [6, 6.07) is 8.22. The summed E-state index contributed by atoms with van der Waals surface area (Å²) in [6.07, 6.45) is 2.24. The third-order valence-corrected chi connectivity index (χ3v) is 2.20. The fraction of sp³-hybridized carbons (Fsp3) is 0.533. The topological polar surface area (TPSA) is 17.8 Å². The maximum Gasteiger partial charge on any atom is 0.109 e. The second kappa shape index (κ2) is 8.80. The number of fused-ring (bicyclic) bond motifs is 1. The lowest BCUT2D eigenvalue weighted by molar-refractivity contribution is 0.829. The molecule has 0 N–H and O–H groups in total. The molecule has 96 valence electrons. The van der Waals surface area contributed by atoms with E-state index < -0.39 is 0 Å². The van der Waals surface area contributed by atoms with Crippen LogP contribution in [0, 0.1) is 0 Å². The first-order valence-electron chi connectivity index (χ1n) is 6.64. The van der Waals surface area contributed by atoms with Gasteiger partial charge < -0.3 is 4.57 Å². The van der Waals surface area contributed by atoms with Gasteiger partial charge in [-0.25, -0.2) is 4.98 Å². The number of hydrogen-bond donors (Lipinski definition) is 0. The Labute approximate surface area is 106 Å². The summed E-state index contributed by atoms with van der Waals surface area (Å²) >= 11 is 0. The summed E-state index contributed by atoms with van der Waals surface area (Å²) in [5.74, 6) is 1.15. The molecule has 0 spiro atoms. The molecule has 0 aliphatic rings. The predicted molar refractivity (Wildman–Crippen MR) is 77.4 cm³/mol. The van der Waals surface area contributed by atoms with Crippen molar-refractivity contribution in [1.82, 2.24) is 9.55 Å². The number of imidazole rings is 1. The normalized spacial score (nSPS) is 9.06. The Balaban J connectivity index is 0.000000450. The van der Waals surface area contributed by atoms with E-state index in [1.807, 2.05) is 26.0 Å². The van der Waals surface area contributed by atoms with Crippen molar-refractivity contribution in [2.24, 2.45) is 7.05 Å². The summed E-state index contributed by atoms with van der Waals surface area (Å²) < 4.78 is 2.15. The first kappa shape index (κ1) is 15.7. The molecule has 2 heteroatoms. The number of benzene rings is 1. The van der Waals surface area contributed by atoms with E-state index in [1.165, 1.54) is 11.9 Å². The van der Waals surface area contributed by atoms with Gasteiger partial charge in [-0.15, -0.1) is 0 Å². The average molecular weight is 234 g/mol. The molecule has 2 rings (SSSR count). The van der Waals surface area contributed by atoms with Crippen molar-refractivity contribution in [3.05, 3.63) is 30.1 Å². The molecule has 1 aromatic carbocycles. The van der Waals surface area contributed by atoms with Crippen LogP contribution in [0.2, 0.25) is 0 Å². The second-order valence-electron chi connectivity index (χ2n) is 3.64. The van der Waals surface area contributed by atoms with Gasteiger partial charge >= 0.3 is 0 Å². The molecule has 0 unspecified atom stereocenters. The lowest BCUT2D eigenvalue weighted by Crippen LogP contribution is -1.94. The Kier molecular flexibility index (Phi) is 8.12. The van der Waals surface area contributed by atoms with Crippen molar-refractivity contribution < 1.29 is 0 Å². The van der Waals surface area contributed by atoms with E-state index in [9.17, 15) is 0 Å². The monoisotopic (exact) mass is 234 g/mol. The molecule has 17 heavy (non-hydrogen) atoms. The van der Waals surface area contributed by atoms with Crippen LogP contribution in [0.4, 0.5) is 0 Å². The van der Waals surface area contributed by atoms with Crippen LogP contribution in [0.3, 0.4) is 0 Å². The van der Waals surface area contributed by atoms with Crippen LogP contribution >= 0.6 is 0 Å². The van der Waals surface area contributed by atoms with E-state index >= 15 is 0 Å². The molecule has 0 saturated heterocycles. The number of aryl methyl sites for hydroxylation is 2. The van der Waals surface area contributed by atoms with Gasteiger partial charge in [0.2, 0.25) is 0 Å². The van der Waals surface area contributed by atoms with Gasteiger partial charge in [-0.3, -0.25) is 0 Å². The van der Waals surface area contributed by atoms with E-state index in [4.69, 9.17) is 0 Å². The highest BCUT2D eigenvalue weighted by Gasteiger charge is 2.03. The van der Waals surface area contributed by atoms with Gasteiger partial charge in [0.05, 0.1) is 11.0 Å². The van der Waals surface area contributed by atoms with E-state index in [-0.39, 0.29) is 0 Å². The average Bonchev–Trinajstić information content (AvgIpc) is 2.70. The third-order valence-electron chi connectivity index (χ3n) is 2.20. The maximum atomic E-state index is 4.49. The quantitative estimate of drug-likeness (QED) is 0.706. The largest absolute Gasteiger partial charge is 0.331 e. The lowest BCUT2D eigenvalue weighted by Gasteiger charge is -1.96. The first-order valence-corrected chi connectivity index (χ1v) is 6.64. The van der Waals surface area contributed by atoms with Crippen molar-refractivity contribution in [3.63, 3.8) is 0 Å². The zero-order valence-electron chi connectivity index (χ0n) is 12.1. The fourth-order valence-corrected chi connectivity index (χ4v) is 1.51. The van der Waals surface area contributed by atoms with Gasteiger partial charge in [0, 0.05) is 13.5 Å². The van der Waals surface area contributed by atoms with Gasteiger partial charge in [0.15, 0.2) is 0 Å². The summed E-state index contributed by atoms with van der Waals surface area (Å²) in [6.45, 7) is 10.4. The highest BCUT2D eigenvalue weighted by Crippen LogP contribution is 2.13. The highest BCUT2D eigenvalue weighted by molar-refractivity contribution is 5.75. The summed E-state index contributed by atoms with van der Waals surface area (Å²) in [4.78, 5) is 4.49. The van der Waals surface area contributed by atoms with E-state index in [1.54, 1.807) is 0 Å². The van der Waals surface area contributed by atoms with Crippen LogP contribution in [0.5, 0.6) is 0 Å². The number of rotatable bonds is 1. The smallest absolute Gasteiger partial charge is 0.109 e. The first-order chi connectivity index (χ1) is 8.24. The minimum Gasteiger partial charge on any atom is -0.331 e. The molecule has 0 atom stereocenters. The Hall–Kier alpha value is -1.31. The minimum atomic E-state index is 0.991. The zero-order chi connectivity index (χ0) is 13.3. The van der Waals surface area contributed by atoms with Crippen LogP contribution in [0.25, 0.3) is 11.0 Å². The number of para-hydroxylation sites is 2. The van der Waals surface area contributed by atoms with Crippen LogP contribution in [-0.4, -0.2) is 9.55 Å². The Morgan fingerprint density at radius 3 is 2.06 bits per heavy atom. The standard InChI is InChI=1S/C10H12N2.C3H8.C2H6/c1-3-10-11-8-6-4-5-7-9(8)12(10)2;1-3-2;1-2/h4-7H,3H2,1-2H3;3H2,1-2H3;1-2H3. The van der Waals surface area contributed by atoms with Gasteiger partial charge in [-0.2, -0.15) is 0 Å². The summed E-state index contributed by atoms with van der Waals surface area (Å²) in [7, 11) is 2.06. The molecule has 2 aromatic rings. The van der Waals surface area contributed by atoms with Crippen molar-refractivity contribution in [3.8, 4) is 0 Å². The molecule has 0 aliphatic heterocycles. The van der Waals surface area contributed by atoms with E-state index in [2.05, 4.69) is 49.5 Å². The van der Waals surface area contributed by atoms with Crippen molar-refractivity contribution in [1.29, 1.82) is 0 Å². The molecule has 1 heterocycles. The second-order valence-corrected chi connectivity index (χ2v) is 3.64. The van der Waals surface area contributed by atoms with Crippen LogP contribution in [-0.2, 0) is 13.5 Å². The van der Waals surface area contributed by atoms with Gasteiger partial charge in [-0.1, -0.05) is 53.2 Å². The van der Waals surface area contributed by atoms with Crippen molar-refractivity contribution in [2.45, 2.75) is 47.5 Å². The molecule has 0 bridgehead atoms. The molecule has 0 saturated carbocycles. The van der Waals surface area contributed by atoms with Crippen LogP contribution in [0.1, 0.15) is 46.9 Å². The van der Waals surface area contributed by atoms with Gasteiger partial charge in [0.25, 0.3) is 0 Å². The maximum absolute atomic E-state index is 4.49. The molecule has 0 aliphatic carbocycles. The molecule has 0 amide bonds. The molecular weight excluding hydrogens is 208 g/mol. The fourth-order valence-electron chi connectivity index (χ4n) is 1.51. The third kappa shape index (κ3) is 4.22. The molecule has 0 radical (unpaired) electrons. The van der Waals surface area contributed by atoms with Crippen molar-refractivity contribution >= 4 is 11.0 Å². The predicted octanol–water partition coefficient (Wildman–Crippen LogP) is 4.58. The Morgan fingerprint density at radius 2 is 1.59 bits per heavy atom. The molecular formula is C15H26N2. The number of aromatic nitrogens is 2. The Bertz CT molecular complexity index is 416. The molecule has 0 fully saturated rings. The van der Waals surface area contributed by atoms with E-state index in [0.717, 1.165) is 17.8 Å². The minimum absolute atomic E-state index is 0.991. The number of nitrogens with zero attached hydrogens (tertiary/aromatic N) is 2. The number of hydrogen-bond acceptors (Lipinski definition) is 1. The molecule has 2 nitrogen and oxygen atoms in total. The SMILES string of the molecule is CC.CCC.CCc1nc2ccccc2n1C. The lowest BCUT2D eigenvalue weighted by atomic mass is 10.3. The molecule has 1 aromatic heterocycles. The van der Waals surface area contributed by atoms with Gasteiger partial charge in [0.1, 0.15) is 5.82 Å². The van der Waals surface area contributed by atoms with Crippen LogP contribution in [0.15, 0.2) is 24.3 Å². The zero-order valence-corrected chi connectivity index (χ0v) is 12.1. The van der Waals surface area contributed by atoms with Gasteiger partial charge in [-0.05, 0) is 12.1 Å². The summed E-state index contributed by atoms with van der Waals surface area (Å²) in [5, 5.41) is 0. The Morgan fingerprint density at radius 1 is 1.06 bits per heavy atom. The summed E-state index contributed by atoms with van der Waals surface area (Å²) in [5.41, 5.74) is 2.31. The van der Waals surface area contributed by atoms with E-state index in [0.29, 0.717) is 0 Å². The van der Waals surface area contributed by atoms with Crippen molar-refractivity contribution in [2.75, 3.05) is 0 Å². The highest BCUT2D eigenvalue weighted by atomic mass is 15.1. The van der Waals surface area contributed by atoms with Crippen LogP contribution < -0.4 is 0 Å².